The second-order valence-electron chi connectivity index (χ2n) is 8.47. The number of rotatable bonds is 6. The quantitative estimate of drug-likeness (QED) is 0.574. The van der Waals surface area contributed by atoms with E-state index >= 15 is 0 Å². The van der Waals surface area contributed by atoms with Crippen LogP contribution in [0.4, 0.5) is 20.3 Å². The third kappa shape index (κ3) is 4.03. The molecule has 0 saturated carbocycles. The predicted octanol–water partition coefficient (Wildman–Crippen LogP) is 2.78. The number of alkyl halides is 2. The van der Waals surface area contributed by atoms with Crippen LogP contribution in [0.2, 0.25) is 0 Å². The van der Waals surface area contributed by atoms with E-state index in [9.17, 15) is 8.78 Å². The smallest absolute Gasteiger partial charge is 0.316 e. The summed E-state index contributed by atoms with van der Waals surface area (Å²) in [5.41, 5.74) is 2.22. The number of piperidine rings is 1. The maximum absolute atomic E-state index is 12.8. The summed E-state index contributed by atoms with van der Waals surface area (Å²) in [5, 5.41) is 4.00. The molecule has 9 nitrogen and oxygen atoms in total. The molecule has 0 aliphatic carbocycles. The van der Waals surface area contributed by atoms with E-state index in [1.165, 1.54) is 10.9 Å². The summed E-state index contributed by atoms with van der Waals surface area (Å²) in [4.78, 5) is 22.1. The van der Waals surface area contributed by atoms with Gasteiger partial charge in [0.15, 0.2) is 5.65 Å². The lowest BCUT2D eigenvalue weighted by atomic mass is 9.78. The molecule has 2 saturated heterocycles. The van der Waals surface area contributed by atoms with Crippen LogP contribution < -0.4 is 14.5 Å². The van der Waals surface area contributed by atoms with Gasteiger partial charge in [0.05, 0.1) is 37.1 Å². The summed E-state index contributed by atoms with van der Waals surface area (Å²) in [6.07, 6.45) is 7.59. The minimum atomic E-state index is -2.48. The molecule has 1 spiro atoms. The Balaban J connectivity index is 1.24. The van der Waals surface area contributed by atoms with E-state index in [0.717, 1.165) is 56.9 Å². The third-order valence-corrected chi connectivity index (χ3v) is 6.48. The number of halogens is 2. The predicted molar refractivity (Wildman–Crippen MR) is 115 cm³/mol. The zero-order chi connectivity index (χ0) is 22.1. The van der Waals surface area contributed by atoms with Gasteiger partial charge in [0, 0.05) is 26.2 Å². The van der Waals surface area contributed by atoms with Gasteiger partial charge < -0.3 is 14.5 Å². The molecule has 0 unspecified atom stereocenters. The molecule has 5 heterocycles. The van der Waals surface area contributed by atoms with E-state index in [2.05, 4.69) is 34.8 Å². The molecule has 0 N–H and O–H groups in total. The Labute approximate surface area is 184 Å². The van der Waals surface area contributed by atoms with Crippen molar-refractivity contribution in [2.45, 2.75) is 39.2 Å². The van der Waals surface area contributed by atoms with Gasteiger partial charge in [0.2, 0.25) is 0 Å². The molecule has 0 bridgehead atoms. The van der Waals surface area contributed by atoms with Crippen LogP contribution in [0.15, 0.2) is 24.8 Å². The van der Waals surface area contributed by atoms with Crippen molar-refractivity contribution in [3.8, 4) is 6.01 Å². The topological polar surface area (TPSA) is 85.1 Å². The van der Waals surface area contributed by atoms with Crippen molar-refractivity contribution in [1.29, 1.82) is 0 Å². The Bertz CT molecular complexity index is 1070. The van der Waals surface area contributed by atoms with Crippen LogP contribution in [0.25, 0.3) is 11.2 Å². The van der Waals surface area contributed by atoms with Crippen molar-refractivity contribution in [2.24, 2.45) is 5.41 Å². The van der Waals surface area contributed by atoms with Gasteiger partial charge in [0.25, 0.3) is 6.43 Å². The van der Waals surface area contributed by atoms with Gasteiger partial charge >= 0.3 is 6.01 Å². The fraction of sp³-hybridized carbons (Fsp3) is 0.571. The standard InChI is InChI=1S/C21H26F2N8O/c1-2-32-20-25-9-15(10-26-20)30-8-5-21(14-30)3-6-29(7-4-21)18-12-24-16-11-27-31(13-17(22)23)19(16)28-18/h9-12,17H,2-8,13-14H2,1H3. The number of aromatic nitrogens is 6. The Morgan fingerprint density at radius 3 is 2.41 bits per heavy atom. The molecule has 5 rings (SSSR count). The van der Waals surface area contributed by atoms with Gasteiger partial charge in [-0.05, 0) is 31.6 Å². The Kier molecular flexibility index (Phi) is 5.48. The van der Waals surface area contributed by atoms with Gasteiger partial charge in [-0.25, -0.2) is 33.4 Å². The molecule has 170 valence electrons. The zero-order valence-electron chi connectivity index (χ0n) is 18.0. The minimum Gasteiger partial charge on any atom is -0.464 e. The highest BCUT2D eigenvalue weighted by Crippen LogP contribution is 2.42. The number of hydrogen-bond donors (Lipinski definition) is 0. The maximum atomic E-state index is 12.8. The monoisotopic (exact) mass is 444 g/mol. The summed E-state index contributed by atoms with van der Waals surface area (Å²) in [7, 11) is 0. The Morgan fingerprint density at radius 1 is 1.00 bits per heavy atom. The molecule has 0 amide bonds. The van der Waals surface area contributed by atoms with E-state index in [-0.39, 0.29) is 5.41 Å². The highest BCUT2D eigenvalue weighted by Gasteiger charge is 2.41. The lowest BCUT2D eigenvalue weighted by molar-refractivity contribution is 0.123. The van der Waals surface area contributed by atoms with Crippen molar-refractivity contribution in [3.63, 3.8) is 0 Å². The van der Waals surface area contributed by atoms with Gasteiger partial charge in [-0.2, -0.15) is 5.10 Å². The van der Waals surface area contributed by atoms with Crippen LogP contribution in [0.1, 0.15) is 26.2 Å². The zero-order valence-corrected chi connectivity index (χ0v) is 18.0. The first-order valence-electron chi connectivity index (χ1n) is 11.0. The van der Waals surface area contributed by atoms with Crippen molar-refractivity contribution >= 4 is 22.7 Å². The van der Waals surface area contributed by atoms with Crippen LogP contribution >= 0.6 is 0 Å². The molecule has 3 aromatic rings. The first-order chi connectivity index (χ1) is 15.5. The molecule has 2 aliphatic heterocycles. The highest BCUT2D eigenvalue weighted by atomic mass is 19.3. The molecule has 2 aliphatic rings. The molecule has 0 atom stereocenters. The van der Waals surface area contributed by atoms with Gasteiger partial charge in [0.1, 0.15) is 17.9 Å². The summed E-state index contributed by atoms with van der Waals surface area (Å²) < 4.78 is 32.2. The number of fused-ring (bicyclic) bond motifs is 1. The lowest BCUT2D eigenvalue weighted by Crippen LogP contribution is -2.42. The van der Waals surface area contributed by atoms with E-state index < -0.39 is 13.0 Å². The average Bonchev–Trinajstić information content (AvgIpc) is 3.39. The molecule has 0 radical (unpaired) electrons. The number of anilines is 2. The summed E-state index contributed by atoms with van der Waals surface area (Å²) >= 11 is 0. The van der Waals surface area contributed by atoms with Crippen LogP contribution in [0.5, 0.6) is 6.01 Å². The van der Waals surface area contributed by atoms with Crippen molar-refractivity contribution in [2.75, 3.05) is 42.6 Å². The number of hydrogen-bond acceptors (Lipinski definition) is 8. The van der Waals surface area contributed by atoms with Crippen molar-refractivity contribution in [3.05, 3.63) is 24.8 Å². The van der Waals surface area contributed by atoms with E-state index in [0.29, 0.717) is 23.8 Å². The molecular formula is C21H26F2N8O. The summed E-state index contributed by atoms with van der Waals surface area (Å²) in [6.45, 7) is 5.66. The molecule has 2 fully saturated rings. The normalized spacial score (nSPS) is 18.2. The fourth-order valence-electron chi connectivity index (χ4n) is 4.71. The molecule has 32 heavy (non-hydrogen) atoms. The molecule has 3 aromatic heterocycles. The summed E-state index contributed by atoms with van der Waals surface area (Å²) in [5.74, 6) is 0.720. The van der Waals surface area contributed by atoms with Gasteiger partial charge in [-0.1, -0.05) is 0 Å². The van der Waals surface area contributed by atoms with E-state index in [1.807, 2.05) is 19.3 Å². The average molecular weight is 444 g/mol. The van der Waals surface area contributed by atoms with Crippen LogP contribution in [0.3, 0.4) is 0 Å². The minimum absolute atomic E-state index is 0.254. The third-order valence-electron chi connectivity index (χ3n) is 6.48. The Morgan fingerprint density at radius 2 is 1.72 bits per heavy atom. The van der Waals surface area contributed by atoms with Crippen molar-refractivity contribution in [1.82, 2.24) is 29.7 Å². The SMILES string of the molecule is CCOc1ncc(N2CCC3(CCN(c4cnc5cnn(CC(F)F)c5n4)CC3)C2)cn1. The van der Waals surface area contributed by atoms with Crippen molar-refractivity contribution < 1.29 is 13.5 Å². The van der Waals surface area contributed by atoms with Crippen LogP contribution in [-0.2, 0) is 6.54 Å². The number of ether oxygens (including phenoxy) is 1. The molecule has 11 heteroatoms. The molecule has 0 aromatic carbocycles. The van der Waals surface area contributed by atoms with Gasteiger partial charge in [-0.3, -0.25) is 0 Å². The second kappa shape index (κ2) is 8.44. The summed E-state index contributed by atoms with van der Waals surface area (Å²) in [6, 6.07) is 0.409. The van der Waals surface area contributed by atoms with E-state index in [4.69, 9.17) is 4.74 Å². The first kappa shape index (κ1) is 20.8. The number of nitrogens with zero attached hydrogens (tertiary/aromatic N) is 8. The van der Waals surface area contributed by atoms with Crippen LogP contribution in [-0.4, -0.2) is 68.9 Å². The fourth-order valence-corrected chi connectivity index (χ4v) is 4.71. The van der Waals surface area contributed by atoms with Gasteiger partial charge in [-0.15, -0.1) is 0 Å². The van der Waals surface area contributed by atoms with E-state index in [1.54, 1.807) is 6.20 Å². The first-order valence-corrected chi connectivity index (χ1v) is 11.0. The lowest BCUT2D eigenvalue weighted by Gasteiger charge is -2.39. The molecular weight excluding hydrogens is 418 g/mol. The Hall–Kier alpha value is -3.11. The highest BCUT2D eigenvalue weighted by molar-refractivity contribution is 5.71. The second-order valence-corrected chi connectivity index (χ2v) is 8.47. The van der Waals surface area contributed by atoms with Crippen LogP contribution in [0, 0.1) is 5.41 Å². The largest absolute Gasteiger partial charge is 0.464 e. The maximum Gasteiger partial charge on any atom is 0.316 e.